The maximum atomic E-state index is 9.31. The van der Waals surface area contributed by atoms with Gasteiger partial charge < -0.3 is 5.11 Å². The summed E-state index contributed by atoms with van der Waals surface area (Å²) in [6, 6.07) is 0. The number of hydrogen-bond donors (Lipinski definition) is 1. The van der Waals surface area contributed by atoms with Gasteiger partial charge in [0.1, 0.15) is 0 Å². The molecule has 0 aliphatic rings. The van der Waals surface area contributed by atoms with Crippen LogP contribution in [0.5, 0.6) is 0 Å². The van der Waals surface area contributed by atoms with E-state index in [1.807, 2.05) is 6.92 Å². The van der Waals surface area contributed by atoms with Gasteiger partial charge in [0, 0.05) is 0 Å². The molecule has 0 bridgehead atoms. The van der Waals surface area contributed by atoms with Crippen LogP contribution in [0.25, 0.3) is 0 Å². The van der Waals surface area contributed by atoms with Crippen LogP contribution in [-0.4, -0.2) is 11.2 Å². The number of hydrogen-bond acceptors (Lipinski definition) is 1. The lowest BCUT2D eigenvalue weighted by atomic mass is 9.82. The predicted molar refractivity (Wildman–Crippen MR) is 45.0 cm³/mol. The van der Waals surface area contributed by atoms with Crippen molar-refractivity contribution in [3.05, 3.63) is 0 Å². The summed E-state index contributed by atoms with van der Waals surface area (Å²) in [5.74, 6) is 0. The zero-order valence-electron chi connectivity index (χ0n) is 7.65. The lowest BCUT2D eigenvalue weighted by Crippen LogP contribution is -2.25. The first-order chi connectivity index (χ1) is 4.50. The fraction of sp³-hybridized carbons (Fsp3) is 1.00. The molecule has 0 fully saturated rings. The first kappa shape index (κ1) is 9.96. The molecular formula is C9H20O. The molecule has 0 amide bonds. The van der Waals surface area contributed by atoms with Crippen LogP contribution in [0.1, 0.15) is 47.0 Å². The van der Waals surface area contributed by atoms with Crippen molar-refractivity contribution in [2.24, 2.45) is 5.41 Å². The Kier molecular flexibility index (Phi) is 3.95. The monoisotopic (exact) mass is 144 g/mol. The molecule has 0 radical (unpaired) electrons. The van der Waals surface area contributed by atoms with E-state index in [-0.39, 0.29) is 11.5 Å². The molecule has 62 valence electrons. The van der Waals surface area contributed by atoms with E-state index in [0.717, 1.165) is 6.42 Å². The van der Waals surface area contributed by atoms with Crippen molar-refractivity contribution in [3.8, 4) is 0 Å². The summed E-state index contributed by atoms with van der Waals surface area (Å²) in [5, 5.41) is 9.31. The van der Waals surface area contributed by atoms with Crippen LogP contribution in [0.15, 0.2) is 0 Å². The molecule has 0 aliphatic heterocycles. The molecule has 0 saturated heterocycles. The molecule has 0 heterocycles. The van der Waals surface area contributed by atoms with Crippen LogP contribution in [0.3, 0.4) is 0 Å². The summed E-state index contributed by atoms with van der Waals surface area (Å²) in [7, 11) is 0. The smallest absolute Gasteiger partial charge is 0.0563 e. The Morgan fingerprint density at radius 3 is 2.20 bits per heavy atom. The third kappa shape index (κ3) is 3.21. The van der Waals surface area contributed by atoms with Gasteiger partial charge in [-0.3, -0.25) is 0 Å². The second-order valence-corrected chi connectivity index (χ2v) is 3.77. The zero-order valence-corrected chi connectivity index (χ0v) is 7.65. The van der Waals surface area contributed by atoms with Gasteiger partial charge >= 0.3 is 0 Å². The number of unbranched alkanes of at least 4 members (excludes halogenated alkanes) is 1. The van der Waals surface area contributed by atoms with Crippen LogP contribution in [0, 0.1) is 5.41 Å². The van der Waals surface area contributed by atoms with E-state index in [9.17, 15) is 5.11 Å². The topological polar surface area (TPSA) is 20.2 Å². The quantitative estimate of drug-likeness (QED) is 0.643. The zero-order chi connectivity index (χ0) is 8.20. The minimum Gasteiger partial charge on any atom is -0.393 e. The average molecular weight is 144 g/mol. The van der Waals surface area contributed by atoms with E-state index in [1.54, 1.807) is 0 Å². The minimum absolute atomic E-state index is 0.107. The van der Waals surface area contributed by atoms with Crippen molar-refractivity contribution in [1.29, 1.82) is 0 Å². The van der Waals surface area contributed by atoms with Crippen LogP contribution >= 0.6 is 0 Å². The van der Waals surface area contributed by atoms with Crippen LogP contribution in [0.2, 0.25) is 0 Å². The lowest BCUT2D eigenvalue weighted by Gasteiger charge is -2.27. The number of aliphatic hydroxyl groups is 1. The van der Waals surface area contributed by atoms with Crippen LogP contribution in [-0.2, 0) is 0 Å². The first-order valence-electron chi connectivity index (χ1n) is 4.18. The molecule has 1 atom stereocenters. The third-order valence-electron chi connectivity index (χ3n) is 2.31. The van der Waals surface area contributed by atoms with E-state index >= 15 is 0 Å². The Hall–Kier alpha value is -0.0400. The fourth-order valence-corrected chi connectivity index (χ4v) is 0.841. The van der Waals surface area contributed by atoms with Crippen molar-refractivity contribution in [1.82, 2.24) is 0 Å². The van der Waals surface area contributed by atoms with Crippen LogP contribution < -0.4 is 0 Å². The maximum absolute atomic E-state index is 9.31. The van der Waals surface area contributed by atoms with E-state index < -0.39 is 0 Å². The highest BCUT2D eigenvalue weighted by molar-refractivity contribution is 4.73. The van der Waals surface area contributed by atoms with Crippen molar-refractivity contribution in [2.75, 3.05) is 0 Å². The molecule has 0 aliphatic carbocycles. The molecule has 0 aromatic heterocycles. The van der Waals surface area contributed by atoms with Crippen molar-refractivity contribution in [3.63, 3.8) is 0 Å². The Morgan fingerprint density at radius 1 is 1.40 bits per heavy atom. The van der Waals surface area contributed by atoms with E-state index in [0.29, 0.717) is 0 Å². The molecule has 0 aromatic carbocycles. The summed E-state index contributed by atoms with van der Waals surface area (Å²) >= 11 is 0. The fourth-order valence-electron chi connectivity index (χ4n) is 0.841. The Balaban J connectivity index is 3.63. The van der Waals surface area contributed by atoms with Crippen LogP contribution in [0.4, 0.5) is 0 Å². The summed E-state index contributed by atoms with van der Waals surface area (Å²) in [5.41, 5.74) is 0.107. The van der Waals surface area contributed by atoms with Crippen molar-refractivity contribution < 1.29 is 5.11 Å². The van der Waals surface area contributed by atoms with Gasteiger partial charge in [-0.2, -0.15) is 0 Å². The highest BCUT2D eigenvalue weighted by Crippen LogP contribution is 2.26. The number of rotatable bonds is 4. The van der Waals surface area contributed by atoms with Gasteiger partial charge in [-0.15, -0.1) is 0 Å². The third-order valence-corrected chi connectivity index (χ3v) is 2.31. The van der Waals surface area contributed by atoms with Gasteiger partial charge in [-0.05, 0) is 18.8 Å². The Morgan fingerprint density at radius 2 is 1.90 bits per heavy atom. The highest BCUT2D eigenvalue weighted by Gasteiger charge is 2.22. The Bertz CT molecular complexity index is 84.7. The second kappa shape index (κ2) is 3.97. The maximum Gasteiger partial charge on any atom is 0.0563 e. The normalized spacial score (nSPS) is 15.3. The number of aliphatic hydroxyl groups excluding tert-OH is 1. The molecule has 10 heavy (non-hydrogen) atoms. The first-order valence-corrected chi connectivity index (χ1v) is 4.18. The van der Waals surface area contributed by atoms with Gasteiger partial charge in [0.15, 0.2) is 0 Å². The van der Waals surface area contributed by atoms with Gasteiger partial charge in [-0.25, -0.2) is 0 Å². The molecule has 0 aromatic rings. The predicted octanol–water partition coefficient (Wildman–Crippen LogP) is 2.58. The summed E-state index contributed by atoms with van der Waals surface area (Å²) in [6.07, 6.45) is 3.38. The molecule has 1 N–H and O–H groups in total. The van der Waals surface area contributed by atoms with Gasteiger partial charge in [0.2, 0.25) is 0 Å². The van der Waals surface area contributed by atoms with Gasteiger partial charge in [0.05, 0.1) is 6.10 Å². The lowest BCUT2D eigenvalue weighted by molar-refractivity contribution is 0.0581. The Labute approximate surface area is 64.5 Å². The van der Waals surface area contributed by atoms with E-state index in [1.165, 1.54) is 12.8 Å². The van der Waals surface area contributed by atoms with Gasteiger partial charge in [-0.1, -0.05) is 33.6 Å². The van der Waals surface area contributed by atoms with E-state index in [4.69, 9.17) is 0 Å². The minimum atomic E-state index is -0.181. The average Bonchev–Trinajstić information content (AvgIpc) is 1.84. The highest BCUT2D eigenvalue weighted by atomic mass is 16.3. The molecule has 0 rings (SSSR count). The standard InChI is InChI=1S/C9H20O/c1-5-6-7-9(3,4)8(2)10/h8,10H,5-7H2,1-4H3/t8-/m0/s1. The largest absolute Gasteiger partial charge is 0.393 e. The molecular weight excluding hydrogens is 124 g/mol. The molecule has 1 nitrogen and oxygen atoms in total. The van der Waals surface area contributed by atoms with E-state index in [2.05, 4.69) is 20.8 Å². The SMILES string of the molecule is CCCCC(C)(C)[C@H](C)O. The molecule has 0 spiro atoms. The summed E-state index contributed by atoms with van der Waals surface area (Å²) < 4.78 is 0. The molecule has 0 unspecified atom stereocenters. The summed E-state index contributed by atoms with van der Waals surface area (Å²) in [6.45, 7) is 8.29. The summed E-state index contributed by atoms with van der Waals surface area (Å²) in [4.78, 5) is 0. The van der Waals surface area contributed by atoms with Gasteiger partial charge in [0.25, 0.3) is 0 Å². The van der Waals surface area contributed by atoms with Crippen molar-refractivity contribution in [2.45, 2.75) is 53.1 Å². The second-order valence-electron chi connectivity index (χ2n) is 3.77. The van der Waals surface area contributed by atoms with Crippen molar-refractivity contribution >= 4 is 0 Å². The molecule has 0 saturated carbocycles. The molecule has 1 heteroatoms.